The molecule has 0 unspecified atom stereocenters. The van der Waals surface area contributed by atoms with Crippen LogP contribution in [0, 0.1) is 0 Å². The van der Waals surface area contributed by atoms with Gasteiger partial charge in [-0.05, 0) is 31.5 Å². The molecule has 0 spiro atoms. The van der Waals surface area contributed by atoms with E-state index in [0.717, 1.165) is 22.8 Å². The molecule has 0 saturated heterocycles. The van der Waals surface area contributed by atoms with Gasteiger partial charge >= 0.3 is 0 Å². The number of hydrogen-bond acceptors (Lipinski definition) is 4. The van der Waals surface area contributed by atoms with E-state index in [1.807, 2.05) is 36.6 Å². The summed E-state index contributed by atoms with van der Waals surface area (Å²) < 4.78 is 12.6. The van der Waals surface area contributed by atoms with Crippen molar-refractivity contribution in [2.75, 3.05) is 14.2 Å². The topological polar surface area (TPSA) is 62.3 Å². The van der Waals surface area contributed by atoms with E-state index in [9.17, 15) is 0 Å². The van der Waals surface area contributed by atoms with Crippen molar-refractivity contribution in [1.29, 1.82) is 0 Å². The molecule has 1 aromatic heterocycles. The molecule has 2 rings (SSSR count). The maximum atomic E-state index is 6.15. The van der Waals surface area contributed by atoms with Crippen molar-refractivity contribution in [2.24, 2.45) is 5.73 Å². The second kappa shape index (κ2) is 5.54. The van der Waals surface area contributed by atoms with E-state index in [1.54, 1.807) is 26.7 Å². The number of methoxy groups -OCH3 is 2. The average Bonchev–Trinajstić information content (AvgIpc) is 2.86. The zero-order chi connectivity index (χ0) is 14.8. The molecule has 0 aliphatic heterocycles. The molecule has 0 radical (unpaired) electrons. The lowest BCUT2D eigenvalue weighted by atomic mass is 10.0. The minimum atomic E-state index is -0.424. The van der Waals surface area contributed by atoms with Crippen LogP contribution in [0.25, 0.3) is 0 Å². The van der Waals surface area contributed by atoms with E-state index >= 15 is 0 Å². The Labute approximate surface area is 119 Å². The van der Waals surface area contributed by atoms with Gasteiger partial charge in [0, 0.05) is 12.7 Å². The standard InChI is InChI=1S/C15H21N3O2/c1-15(2,16)14-8-17-10-18(14)9-11-5-6-12(19-3)13(7-11)20-4/h5-8,10H,9,16H2,1-4H3. The third-order valence-corrected chi connectivity index (χ3v) is 3.17. The average molecular weight is 275 g/mol. The normalized spacial score (nSPS) is 11.4. The van der Waals surface area contributed by atoms with E-state index in [4.69, 9.17) is 15.2 Å². The lowest BCUT2D eigenvalue weighted by molar-refractivity contribution is 0.354. The van der Waals surface area contributed by atoms with Crippen LogP contribution in [0.5, 0.6) is 11.5 Å². The highest BCUT2D eigenvalue weighted by Crippen LogP contribution is 2.28. The van der Waals surface area contributed by atoms with E-state index in [2.05, 4.69) is 4.98 Å². The maximum absolute atomic E-state index is 6.15. The highest BCUT2D eigenvalue weighted by Gasteiger charge is 2.19. The van der Waals surface area contributed by atoms with Crippen LogP contribution in [0.3, 0.4) is 0 Å². The van der Waals surface area contributed by atoms with Crippen molar-refractivity contribution in [2.45, 2.75) is 25.9 Å². The number of ether oxygens (including phenoxy) is 2. The number of hydrogen-bond donors (Lipinski definition) is 1. The van der Waals surface area contributed by atoms with Gasteiger partial charge in [-0.25, -0.2) is 4.98 Å². The van der Waals surface area contributed by atoms with Gasteiger partial charge in [-0.1, -0.05) is 6.07 Å². The van der Waals surface area contributed by atoms with Gasteiger partial charge in [-0.2, -0.15) is 0 Å². The molecule has 108 valence electrons. The Hall–Kier alpha value is -2.01. The molecular formula is C15H21N3O2. The van der Waals surface area contributed by atoms with Gasteiger partial charge in [0.05, 0.1) is 31.8 Å². The first kappa shape index (κ1) is 14.4. The van der Waals surface area contributed by atoms with Crippen molar-refractivity contribution in [3.63, 3.8) is 0 Å². The van der Waals surface area contributed by atoms with E-state index in [-0.39, 0.29) is 0 Å². The van der Waals surface area contributed by atoms with Gasteiger partial charge in [-0.15, -0.1) is 0 Å². The summed E-state index contributed by atoms with van der Waals surface area (Å²) in [5.41, 5.74) is 7.82. The number of nitrogens with zero attached hydrogens (tertiary/aromatic N) is 2. The first-order valence-electron chi connectivity index (χ1n) is 6.46. The molecule has 0 atom stereocenters. The van der Waals surface area contributed by atoms with Crippen LogP contribution >= 0.6 is 0 Å². The van der Waals surface area contributed by atoms with Gasteiger partial charge in [0.15, 0.2) is 11.5 Å². The number of aromatic nitrogens is 2. The van der Waals surface area contributed by atoms with Crippen LogP contribution in [-0.4, -0.2) is 23.8 Å². The summed E-state index contributed by atoms with van der Waals surface area (Å²) in [5, 5.41) is 0. The zero-order valence-corrected chi connectivity index (χ0v) is 12.4. The van der Waals surface area contributed by atoms with Crippen LogP contribution in [0.1, 0.15) is 25.1 Å². The first-order chi connectivity index (χ1) is 9.45. The molecule has 20 heavy (non-hydrogen) atoms. The third kappa shape index (κ3) is 2.93. The first-order valence-corrected chi connectivity index (χ1v) is 6.46. The second-order valence-electron chi connectivity index (χ2n) is 5.32. The van der Waals surface area contributed by atoms with Gasteiger partial charge in [0.2, 0.25) is 0 Å². The van der Waals surface area contributed by atoms with Crippen LogP contribution in [0.4, 0.5) is 0 Å². The van der Waals surface area contributed by atoms with Gasteiger partial charge in [0.25, 0.3) is 0 Å². The van der Waals surface area contributed by atoms with Gasteiger partial charge in [0.1, 0.15) is 0 Å². The fraction of sp³-hybridized carbons (Fsp3) is 0.400. The Balaban J connectivity index is 2.29. The smallest absolute Gasteiger partial charge is 0.161 e. The summed E-state index contributed by atoms with van der Waals surface area (Å²) in [6, 6.07) is 5.87. The Morgan fingerprint density at radius 3 is 2.50 bits per heavy atom. The number of nitrogens with two attached hydrogens (primary N) is 1. The quantitative estimate of drug-likeness (QED) is 0.908. The highest BCUT2D eigenvalue weighted by atomic mass is 16.5. The Morgan fingerprint density at radius 1 is 1.20 bits per heavy atom. The van der Waals surface area contributed by atoms with Crippen molar-refractivity contribution < 1.29 is 9.47 Å². The number of imidazole rings is 1. The fourth-order valence-corrected chi connectivity index (χ4v) is 2.16. The molecule has 2 N–H and O–H groups in total. The second-order valence-corrected chi connectivity index (χ2v) is 5.32. The molecule has 1 heterocycles. The molecule has 5 heteroatoms. The molecule has 0 aliphatic rings. The summed E-state index contributed by atoms with van der Waals surface area (Å²) in [5.74, 6) is 1.44. The SMILES string of the molecule is COc1ccc(Cn2cncc2C(C)(C)N)cc1OC. The van der Waals surface area contributed by atoms with Gasteiger partial charge in [-0.3, -0.25) is 0 Å². The molecule has 2 aromatic rings. The summed E-state index contributed by atoms with van der Waals surface area (Å²) in [4.78, 5) is 4.19. The Kier molecular flexibility index (Phi) is 3.99. The molecule has 1 aromatic carbocycles. The largest absolute Gasteiger partial charge is 0.493 e. The number of benzene rings is 1. The lowest BCUT2D eigenvalue weighted by Crippen LogP contribution is -2.31. The minimum Gasteiger partial charge on any atom is -0.493 e. The van der Waals surface area contributed by atoms with Crippen molar-refractivity contribution in [3.8, 4) is 11.5 Å². The lowest BCUT2D eigenvalue weighted by Gasteiger charge is -2.21. The summed E-state index contributed by atoms with van der Waals surface area (Å²) in [6.45, 7) is 4.63. The number of rotatable bonds is 5. The third-order valence-electron chi connectivity index (χ3n) is 3.17. The van der Waals surface area contributed by atoms with Crippen molar-refractivity contribution in [3.05, 3.63) is 42.0 Å². The minimum absolute atomic E-state index is 0.424. The van der Waals surface area contributed by atoms with Crippen molar-refractivity contribution >= 4 is 0 Å². The van der Waals surface area contributed by atoms with Crippen LogP contribution < -0.4 is 15.2 Å². The summed E-state index contributed by atoms with van der Waals surface area (Å²) in [6.07, 6.45) is 3.60. The highest BCUT2D eigenvalue weighted by molar-refractivity contribution is 5.43. The molecule has 5 nitrogen and oxygen atoms in total. The van der Waals surface area contributed by atoms with E-state index < -0.39 is 5.54 Å². The monoisotopic (exact) mass is 275 g/mol. The molecule has 0 bridgehead atoms. The molecule has 0 aliphatic carbocycles. The maximum Gasteiger partial charge on any atom is 0.161 e. The summed E-state index contributed by atoms with van der Waals surface area (Å²) in [7, 11) is 3.26. The van der Waals surface area contributed by atoms with Crippen LogP contribution in [-0.2, 0) is 12.1 Å². The zero-order valence-electron chi connectivity index (χ0n) is 12.4. The van der Waals surface area contributed by atoms with E-state index in [1.165, 1.54) is 0 Å². The van der Waals surface area contributed by atoms with Gasteiger partial charge < -0.3 is 19.8 Å². The Morgan fingerprint density at radius 2 is 1.90 bits per heavy atom. The molecule has 0 amide bonds. The van der Waals surface area contributed by atoms with Crippen molar-refractivity contribution in [1.82, 2.24) is 9.55 Å². The predicted octanol–water partition coefficient (Wildman–Crippen LogP) is 2.14. The van der Waals surface area contributed by atoms with Crippen LogP contribution in [0.15, 0.2) is 30.7 Å². The predicted molar refractivity (Wildman–Crippen MR) is 78.1 cm³/mol. The molecule has 0 fully saturated rings. The molecular weight excluding hydrogens is 254 g/mol. The van der Waals surface area contributed by atoms with E-state index in [0.29, 0.717) is 6.54 Å². The fourth-order valence-electron chi connectivity index (χ4n) is 2.16. The van der Waals surface area contributed by atoms with Crippen LogP contribution in [0.2, 0.25) is 0 Å². The Bertz CT molecular complexity index is 585. The molecule has 0 saturated carbocycles. The summed E-state index contributed by atoms with van der Waals surface area (Å²) >= 11 is 0.